The number of hydrogen-bond donors (Lipinski definition) is 1. The lowest BCUT2D eigenvalue weighted by atomic mass is 10.0. The second-order valence-electron chi connectivity index (χ2n) is 4.45. The Hall–Kier alpha value is -0.0500. The molecular weight excluding hydrogens is 196 g/mol. The molecule has 0 fully saturated rings. The summed E-state index contributed by atoms with van der Waals surface area (Å²) in [6.45, 7) is 8.45. The van der Waals surface area contributed by atoms with Gasteiger partial charge in [-0.15, -0.1) is 0 Å². The number of nitrogens with zero attached hydrogens (tertiary/aromatic N) is 1. The van der Waals surface area contributed by atoms with Crippen molar-refractivity contribution in [3.05, 3.63) is 11.1 Å². The zero-order chi connectivity index (χ0) is 11.1. The molecule has 0 aliphatic rings. The first-order valence-electron chi connectivity index (χ1n) is 5.11. The van der Waals surface area contributed by atoms with E-state index in [1.54, 1.807) is 5.54 Å². The van der Waals surface area contributed by atoms with Crippen LogP contribution >= 0.6 is 11.6 Å². The highest BCUT2D eigenvalue weighted by molar-refractivity contribution is 6.25. The third-order valence-electron chi connectivity index (χ3n) is 2.20. The lowest BCUT2D eigenvalue weighted by Gasteiger charge is -2.25. The van der Waals surface area contributed by atoms with E-state index in [0.29, 0.717) is 12.0 Å². The minimum absolute atomic E-state index is 0.525. The average Bonchev–Trinajstić information content (AvgIpc) is 2.10. The summed E-state index contributed by atoms with van der Waals surface area (Å²) in [4.78, 5) is 2.21. The molecule has 0 aromatic heterocycles. The van der Waals surface area contributed by atoms with Gasteiger partial charge in [0.1, 0.15) is 0 Å². The Labute approximate surface area is 93.3 Å². The molecule has 1 unspecified atom stereocenters. The molecule has 0 saturated carbocycles. The van der Waals surface area contributed by atoms with Crippen molar-refractivity contribution in [2.75, 3.05) is 27.2 Å². The summed E-state index contributed by atoms with van der Waals surface area (Å²) >= 11 is 5.61. The van der Waals surface area contributed by atoms with E-state index in [1.165, 1.54) is 5.57 Å². The van der Waals surface area contributed by atoms with E-state index in [1.807, 2.05) is 6.92 Å². The van der Waals surface area contributed by atoms with Gasteiger partial charge < -0.3 is 10.2 Å². The highest BCUT2D eigenvalue weighted by Crippen LogP contribution is 2.03. The molecule has 2 nitrogen and oxygen atoms in total. The van der Waals surface area contributed by atoms with Gasteiger partial charge in [-0.3, -0.25) is 0 Å². The molecule has 0 aliphatic heterocycles. The molecule has 0 saturated heterocycles. The highest BCUT2D eigenvalue weighted by atomic mass is 35.5. The van der Waals surface area contributed by atoms with Crippen molar-refractivity contribution in [1.82, 2.24) is 10.2 Å². The number of hydrogen-bond acceptors (Lipinski definition) is 2. The van der Waals surface area contributed by atoms with Crippen LogP contribution in [-0.4, -0.2) is 38.1 Å². The lowest BCUT2D eigenvalue weighted by molar-refractivity contribution is 0.294. The number of nitrogens with one attached hydrogen (secondary N) is 1. The van der Waals surface area contributed by atoms with E-state index in [2.05, 4.69) is 38.2 Å². The summed E-state index contributed by atoms with van der Waals surface area (Å²) < 4.78 is 0. The van der Waals surface area contributed by atoms with Gasteiger partial charge in [-0.05, 0) is 32.5 Å². The molecular formula is C11H23ClN2. The second-order valence-corrected chi connectivity index (χ2v) is 4.67. The zero-order valence-electron chi connectivity index (χ0n) is 9.97. The van der Waals surface area contributed by atoms with Crippen LogP contribution in [-0.2, 0) is 0 Å². The molecule has 0 aromatic rings. The first-order chi connectivity index (χ1) is 6.47. The van der Waals surface area contributed by atoms with Crippen LogP contribution in [0, 0.1) is 5.92 Å². The maximum atomic E-state index is 5.61. The number of rotatable bonds is 6. The predicted octanol–water partition coefficient (Wildman–Crippen LogP) is 2.30. The lowest BCUT2D eigenvalue weighted by Crippen LogP contribution is -2.42. The Morgan fingerprint density at radius 2 is 2.00 bits per heavy atom. The molecule has 84 valence electrons. The molecule has 0 amide bonds. The zero-order valence-corrected chi connectivity index (χ0v) is 10.7. The predicted molar refractivity (Wildman–Crippen MR) is 64.8 cm³/mol. The summed E-state index contributed by atoms with van der Waals surface area (Å²) in [5, 5.41) is 3.51. The van der Waals surface area contributed by atoms with Gasteiger partial charge in [0.05, 0.1) is 0 Å². The molecule has 1 atom stereocenters. The fraction of sp³-hybridized carbons (Fsp3) is 0.818. The van der Waals surface area contributed by atoms with Crippen molar-refractivity contribution in [1.29, 1.82) is 0 Å². The van der Waals surface area contributed by atoms with Crippen LogP contribution in [0.15, 0.2) is 11.1 Å². The molecule has 0 spiro atoms. The summed E-state index contributed by atoms with van der Waals surface area (Å²) in [7, 11) is 4.20. The fourth-order valence-corrected chi connectivity index (χ4v) is 1.31. The Morgan fingerprint density at radius 3 is 2.36 bits per heavy atom. The standard InChI is InChI=1S/C11H23ClN2/c1-9(2)11(8-14(4)5)13-7-10(3)6-12/h6,9,11,13H,7-8H2,1-5H3. The van der Waals surface area contributed by atoms with Crippen molar-refractivity contribution in [3.8, 4) is 0 Å². The number of halogens is 1. The Bertz CT molecular complexity index is 176. The molecule has 1 N–H and O–H groups in total. The molecule has 14 heavy (non-hydrogen) atoms. The van der Waals surface area contributed by atoms with Crippen LogP contribution in [0.5, 0.6) is 0 Å². The minimum Gasteiger partial charge on any atom is -0.309 e. The Balaban J connectivity index is 3.97. The van der Waals surface area contributed by atoms with Gasteiger partial charge in [0.25, 0.3) is 0 Å². The van der Waals surface area contributed by atoms with E-state index in [9.17, 15) is 0 Å². The second kappa shape index (κ2) is 7.27. The van der Waals surface area contributed by atoms with Crippen LogP contribution in [0.25, 0.3) is 0 Å². The van der Waals surface area contributed by atoms with Crippen molar-refractivity contribution in [3.63, 3.8) is 0 Å². The normalized spacial score (nSPS) is 15.3. The molecule has 0 radical (unpaired) electrons. The fourth-order valence-electron chi connectivity index (χ4n) is 1.24. The molecule has 0 rings (SSSR count). The summed E-state index contributed by atoms with van der Waals surface area (Å²) in [5.41, 5.74) is 2.82. The van der Waals surface area contributed by atoms with Gasteiger partial charge in [0.15, 0.2) is 0 Å². The van der Waals surface area contributed by atoms with E-state index in [0.717, 1.165) is 13.1 Å². The maximum Gasteiger partial charge on any atom is 0.0220 e. The Kier molecular flexibility index (Phi) is 7.24. The van der Waals surface area contributed by atoms with Crippen molar-refractivity contribution in [2.24, 2.45) is 5.92 Å². The molecule has 0 aromatic carbocycles. The highest BCUT2D eigenvalue weighted by Gasteiger charge is 2.13. The van der Waals surface area contributed by atoms with E-state index >= 15 is 0 Å². The van der Waals surface area contributed by atoms with Gasteiger partial charge in [-0.25, -0.2) is 0 Å². The summed E-state index contributed by atoms with van der Waals surface area (Å²) in [6, 6.07) is 0.525. The van der Waals surface area contributed by atoms with E-state index < -0.39 is 0 Å². The Morgan fingerprint density at radius 1 is 1.43 bits per heavy atom. The topological polar surface area (TPSA) is 15.3 Å². The average molecular weight is 219 g/mol. The maximum absolute atomic E-state index is 5.61. The first kappa shape index (κ1) is 13.9. The smallest absolute Gasteiger partial charge is 0.0220 e. The van der Waals surface area contributed by atoms with Gasteiger partial charge >= 0.3 is 0 Å². The summed E-state index contributed by atoms with van der Waals surface area (Å²) in [5.74, 6) is 0.639. The molecule has 3 heteroatoms. The van der Waals surface area contributed by atoms with Crippen molar-refractivity contribution >= 4 is 11.6 Å². The van der Waals surface area contributed by atoms with Gasteiger partial charge in [-0.1, -0.05) is 25.4 Å². The summed E-state index contributed by atoms with van der Waals surface area (Å²) in [6.07, 6.45) is 0. The first-order valence-corrected chi connectivity index (χ1v) is 5.55. The van der Waals surface area contributed by atoms with Gasteiger partial charge in [0.2, 0.25) is 0 Å². The van der Waals surface area contributed by atoms with Crippen molar-refractivity contribution in [2.45, 2.75) is 26.8 Å². The van der Waals surface area contributed by atoms with E-state index in [-0.39, 0.29) is 0 Å². The molecule has 0 bridgehead atoms. The minimum atomic E-state index is 0.525. The monoisotopic (exact) mass is 218 g/mol. The SMILES string of the molecule is CC(=CCl)CNC(CN(C)C)C(C)C. The third kappa shape index (κ3) is 6.41. The third-order valence-corrected chi connectivity index (χ3v) is 2.57. The van der Waals surface area contributed by atoms with Crippen LogP contribution in [0.3, 0.4) is 0 Å². The van der Waals surface area contributed by atoms with E-state index in [4.69, 9.17) is 11.6 Å². The molecule has 0 aliphatic carbocycles. The van der Waals surface area contributed by atoms with Crippen molar-refractivity contribution < 1.29 is 0 Å². The largest absolute Gasteiger partial charge is 0.309 e. The van der Waals surface area contributed by atoms with Gasteiger partial charge in [-0.2, -0.15) is 0 Å². The van der Waals surface area contributed by atoms with Crippen LogP contribution < -0.4 is 5.32 Å². The number of likely N-dealkylation sites (N-methyl/N-ethyl adjacent to an activating group) is 1. The van der Waals surface area contributed by atoms with Gasteiger partial charge in [0, 0.05) is 24.7 Å². The van der Waals surface area contributed by atoms with Crippen LogP contribution in [0.2, 0.25) is 0 Å². The van der Waals surface area contributed by atoms with Crippen LogP contribution in [0.4, 0.5) is 0 Å². The van der Waals surface area contributed by atoms with Crippen LogP contribution in [0.1, 0.15) is 20.8 Å². The molecule has 0 heterocycles. The quantitative estimate of drug-likeness (QED) is 0.736.